The smallest absolute Gasteiger partial charge is 0.320 e. The van der Waals surface area contributed by atoms with Crippen LogP contribution in [0.1, 0.15) is 32.6 Å². The first kappa shape index (κ1) is 15.1. The third-order valence-corrected chi connectivity index (χ3v) is 4.51. The summed E-state index contributed by atoms with van der Waals surface area (Å²) in [5.74, 6) is -1.51. The lowest BCUT2D eigenvalue weighted by Gasteiger charge is -2.39. The van der Waals surface area contributed by atoms with Crippen molar-refractivity contribution in [1.29, 1.82) is 0 Å². The van der Waals surface area contributed by atoms with Crippen LogP contribution in [0.25, 0.3) is 0 Å². The number of aliphatic carboxylic acids is 1. The summed E-state index contributed by atoms with van der Waals surface area (Å²) in [5, 5.41) is 9.19. The zero-order valence-electron chi connectivity index (χ0n) is 12.2. The van der Waals surface area contributed by atoms with Gasteiger partial charge in [-0.25, -0.2) is 4.79 Å². The molecule has 0 radical (unpaired) electrons. The van der Waals surface area contributed by atoms with Gasteiger partial charge in [-0.15, -0.1) is 0 Å². The van der Waals surface area contributed by atoms with Crippen molar-refractivity contribution in [3.05, 3.63) is 0 Å². The zero-order valence-corrected chi connectivity index (χ0v) is 12.2. The van der Waals surface area contributed by atoms with Crippen LogP contribution in [0.5, 0.6) is 0 Å². The van der Waals surface area contributed by atoms with Gasteiger partial charge in [0.05, 0.1) is 19.3 Å². The lowest BCUT2D eigenvalue weighted by Crippen LogP contribution is -2.54. The van der Waals surface area contributed by atoms with Gasteiger partial charge in [-0.2, -0.15) is 0 Å². The topological polar surface area (TPSA) is 70.1 Å². The molecule has 3 atom stereocenters. The second-order valence-corrected chi connectivity index (χ2v) is 5.69. The van der Waals surface area contributed by atoms with Crippen LogP contribution >= 0.6 is 0 Å². The molecule has 2 fully saturated rings. The predicted molar refractivity (Wildman–Crippen MR) is 73.5 cm³/mol. The van der Waals surface area contributed by atoms with Crippen molar-refractivity contribution < 1.29 is 19.4 Å². The minimum atomic E-state index is -0.891. The van der Waals surface area contributed by atoms with Crippen molar-refractivity contribution >= 4 is 12.0 Å². The molecule has 2 aliphatic rings. The van der Waals surface area contributed by atoms with Gasteiger partial charge in [0.2, 0.25) is 0 Å². The van der Waals surface area contributed by atoms with E-state index in [0.717, 1.165) is 32.2 Å². The fraction of sp³-hybridized carbons (Fsp3) is 0.857. The van der Waals surface area contributed by atoms with Crippen LogP contribution in [0.15, 0.2) is 0 Å². The third-order valence-electron chi connectivity index (χ3n) is 4.51. The fourth-order valence-electron chi connectivity index (χ4n) is 3.18. The third kappa shape index (κ3) is 2.90. The van der Waals surface area contributed by atoms with E-state index >= 15 is 0 Å². The molecule has 2 saturated heterocycles. The molecule has 20 heavy (non-hydrogen) atoms. The minimum Gasteiger partial charge on any atom is -0.481 e. The van der Waals surface area contributed by atoms with Crippen molar-refractivity contribution in [3.8, 4) is 0 Å². The molecule has 6 heteroatoms. The van der Waals surface area contributed by atoms with E-state index in [2.05, 4.69) is 6.92 Å². The summed E-state index contributed by atoms with van der Waals surface area (Å²) in [5.41, 5.74) is 0. The van der Waals surface area contributed by atoms with Crippen LogP contribution in [-0.4, -0.2) is 65.8 Å². The van der Waals surface area contributed by atoms with Crippen LogP contribution in [0.3, 0.4) is 0 Å². The summed E-state index contributed by atoms with van der Waals surface area (Å²) in [6, 6.07) is -0.137. The SMILES string of the molecule is CCC1CCCCN1C(=O)N(C)C1COCC1C(=O)O. The Labute approximate surface area is 119 Å². The fourth-order valence-corrected chi connectivity index (χ4v) is 3.18. The number of carboxylic acids is 1. The van der Waals surface area contributed by atoms with Gasteiger partial charge >= 0.3 is 12.0 Å². The van der Waals surface area contributed by atoms with E-state index in [4.69, 9.17) is 4.74 Å². The Morgan fingerprint density at radius 3 is 2.75 bits per heavy atom. The number of carbonyl (C=O) groups excluding carboxylic acids is 1. The predicted octanol–water partition coefficient (Wildman–Crippen LogP) is 1.40. The van der Waals surface area contributed by atoms with Gasteiger partial charge in [-0.05, 0) is 25.7 Å². The molecule has 0 saturated carbocycles. The van der Waals surface area contributed by atoms with Crippen LogP contribution in [0.4, 0.5) is 4.79 Å². The number of piperidine rings is 1. The second kappa shape index (κ2) is 6.43. The highest BCUT2D eigenvalue weighted by atomic mass is 16.5. The first-order valence-corrected chi connectivity index (χ1v) is 7.40. The molecule has 0 aromatic carbocycles. The van der Waals surface area contributed by atoms with Gasteiger partial charge < -0.3 is 19.6 Å². The molecule has 6 nitrogen and oxygen atoms in total. The van der Waals surface area contributed by atoms with Crippen molar-refractivity contribution in [2.45, 2.75) is 44.7 Å². The van der Waals surface area contributed by atoms with Crippen LogP contribution in [0.2, 0.25) is 0 Å². The lowest BCUT2D eigenvalue weighted by atomic mass is 9.99. The maximum absolute atomic E-state index is 12.6. The summed E-state index contributed by atoms with van der Waals surface area (Å²) >= 11 is 0. The largest absolute Gasteiger partial charge is 0.481 e. The molecule has 2 aliphatic heterocycles. The van der Waals surface area contributed by atoms with E-state index in [0.29, 0.717) is 6.61 Å². The number of carboxylic acid groups (broad SMARTS) is 1. The minimum absolute atomic E-state index is 0.0571. The second-order valence-electron chi connectivity index (χ2n) is 5.69. The number of likely N-dealkylation sites (tertiary alicyclic amines) is 1. The van der Waals surface area contributed by atoms with E-state index in [1.807, 2.05) is 4.90 Å². The molecule has 2 rings (SSSR count). The van der Waals surface area contributed by atoms with E-state index < -0.39 is 11.9 Å². The van der Waals surface area contributed by atoms with Gasteiger partial charge in [-0.3, -0.25) is 4.79 Å². The van der Waals surface area contributed by atoms with Gasteiger partial charge in [0.1, 0.15) is 5.92 Å². The average molecular weight is 284 g/mol. The van der Waals surface area contributed by atoms with Crippen LogP contribution in [0, 0.1) is 5.92 Å². The van der Waals surface area contributed by atoms with Crippen LogP contribution < -0.4 is 0 Å². The summed E-state index contributed by atoms with van der Waals surface area (Å²) in [4.78, 5) is 27.3. The van der Waals surface area contributed by atoms with Crippen LogP contribution in [-0.2, 0) is 9.53 Å². The Hall–Kier alpha value is -1.30. The summed E-state index contributed by atoms with van der Waals surface area (Å²) in [6.07, 6.45) is 4.18. The quantitative estimate of drug-likeness (QED) is 0.850. The molecule has 0 aromatic rings. The Balaban J connectivity index is 2.05. The Bertz CT molecular complexity index is 374. The Morgan fingerprint density at radius 2 is 2.10 bits per heavy atom. The highest BCUT2D eigenvalue weighted by molar-refractivity contribution is 5.77. The molecule has 0 aromatic heterocycles. The Morgan fingerprint density at radius 1 is 1.35 bits per heavy atom. The highest BCUT2D eigenvalue weighted by Crippen LogP contribution is 2.24. The average Bonchev–Trinajstić information content (AvgIpc) is 2.95. The van der Waals surface area contributed by atoms with Gasteiger partial charge in [-0.1, -0.05) is 6.92 Å². The van der Waals surface area contributed by atoms with Crippen molar-refractivity contribution in [1.82, 2.24) is 9.80 Å². The maximum Gasteiger partial charge on any atom is 0.320 e. The number of hydrogen-bond acceptors (Lipinski definition) is 3. The lowest BCUT2D eigenvalue weighted by molar-refractivity contribution is -0.142. The van der Waals surface area contributed by atoms with Gasteiger partial charge in [0.25, 0.3) is 0 Å². The van der Waals surface area contributed by atoms with Crippen molar-refractivity contribution in [3.63, 3.8) is 0 Å². The molecule has 3 unspecified atom stereocenters. The molecule has 1 N–H and O–H groups in total. The Kier molecular flexibility index (Phi) is 4.86. The first-order valence-electron chi connectivity index (χ1n) is 7.40. The number of carbonyl (C=O) groups is 2. The number of urea groups is 1. The molecular weight excluding hydrogens is 260 g/mol. The number of ether oxygens (including phenoxy) is 1. The number of likely N-dealkylation sites (N-methyl/N-ethyl adjacent to an activating group) is 1. The standard InChI is InChI=1S/C14H24N2O4/c1-3-10-6-4-5-7-16(10)14(19)15(2)12-9-20-8-11(12)13(17)18/h10-12H,3-9H2,1-2H3,(H,17,18). The monoisotopic (exact) mass is 284 g/mol. The highest BCUT2D eigenvalue weighted by Gasteiger charge is 2.40. The molecule has 2 heterocycles. The molecule has 0 bridgehead atoms. The summed E-state index contributed by atoms with van der Waals surface area (Å²) in [6.45, 7) is 3.36. The summed E-state index contributed by atoms with van der Waals surface area (Å²) < 4.78 is 5.25. The maximum atomic E-state index is 12.6. The van der Waals surface area contributed by atoms with Gasteiger partial charge in [0, 0.05) is 19.6 Å². The van der Waals surface area contributed by atoms with E-state index in [1.54, 1.807) is 11.9 Å². The zero-order chi connectivity index (χ0) is 14.7. The van der Waals surface area contributed by atoms with E-state index in [-0.39, 0.29) is 24.7 Å². The normalized spacial score (nSPS) is 30.3. The van der Waals surface area contributed by atoms with Crippen molar-refractivity contribution in [2.75, 3.05) is 26.8 Å². The number of hydrogen-bond donors (Lipinski definition) is 1. The molecular formula is C14H24N2O4. The van der Waals surface area contributed by atoms with Gasteiger partial charge in [0.15, 0.2) is 0 Å². The number of rotatable bonds is 3. The van der Waals surface area contributed by atoms with E-state index in [9.17, 15) is 14.7 Å². The molecule has 0 spiro atoms. The van der Waals surface area contributed by atoms with Crippen molar-refractivity contribution in [2.24, 2.45) is 5.92 Å². The molecule has 114 valence electrons. The summed E-state index contributed by atoms with van der Waals surface area (Å²) in [7, 11) is 1.69. The molecule has 2 amide bonds. The molecule has 0 aliphatic carbocycles. The van der Waals surface area contributed by atoms with E-state index in [1.165, 1.54) is 0 Å². The number of amides is 2. The number of nitrogens with zero attached hydrogens (tertiary/aromatic N) is 2. The first-order chi connectivity index (χ1) is 9.56.